The number of hydrogen-bond acceptors (Lipinski definition) is 4. The first kappa shape index (κ1) is 17.2. The van der Waals surface area contributed by atoms with Crippen LogP contribution in [0.25, 0.3) is 0 Å². The van der Waals surface area contributed by atoms with E-state index < -0.39 is 0 Å². The van der Waals surface area contributed by atoms with Gasteiger partial charge in [0.25, 0.3) is 0 Å². The molecule has 1 aromatic heterocycles. The average Bonchev–Trinajstić information content (AvgIpc) is 2.51. The Labute approximate surface area is 154 Å². The summed E-state index contributed by atoms with van der Waals surface area (Å²) < 4.78 is 6.25. The molecule has 1 aliphatic heterocycles. The summed E-state index contributed by atoms with van der Waals surface area (Å²) in [7, 11) is 0. The van der Waals surface area contributed by atoms with Crippen LogP contribution in [-0.2, 0) is 14.3 Å². The fraction of sp³-hybridized carbons (Fsp3) is 0.500. The quantitative estimate of drug-likeness (QED) is 0.748. The number of carbonyl (C=O) groups is 2. The second kappa shape index (κ2) is 5.63. The highest BCUT2D eigenvalue weighted by molar-refractivity contribution is 6.06. The molecule has 4 nitrogen and oxygen atoms in total. The van der Waals surface area contributed by atoms with Gasteiger partial charge in [-0.3, -0.25) is 14.6 Å². The van der Waals surface area contributed by atoms with Crippen molar-refractivity contribution in [3.05, 3.63) is 52.8 Å². The molecule has 4 heteroatoms. The first-order valence-corrected chi connectivity index (χ1v) is 9.28. The molecule has 1 aromatic rings. The molecule has 0 aromatic carbocycles. The predicted octanol–water partition coefficient (Wildman–Crippen LogP) is 4.48. The van der Waals surface area contributed by atoms with Crippen molar-refractivity contribution < 1.29 is 14.3 Å². The Morgan fingerprint density at radius 1 is 0.885 bits per heavy atom. The number of nitrogens with zero attached hydrogens (tertiary/aromatic N) is 1. The molecular weight excluding hydrogens is 326 g/mol. The fourth-order valence-corrected chi connectivity index (χ4v) is 4.52. The van der Waals surface area contributed by atoms with E-state index in [4.69, 9.17) is 4.74 Å². The smallest absolute Gasteiger partial charge is 0.163 e. The number of hydrogen-bond donors (Lipinski definition) is 0. The van der Waals surface area contributed by atoms with Crippen molar-refractivity contribution in [2.45, 2.75) is 59.3 Å². The Bertz CT molecular complexity index is 807. The van der Waals surface area contributed by atoms with E-state index in [9.17, 15) is 9.59 Å². The number of aromatic nitrogens is 1. The lowest BCUT2D eigenvalue weighted by Gasteiger charge is -2.42. The molecule has 0 saturated heterocycles. The Morgan fingerprint density at radius 3 is 1.88 bits per heavy atom. The maximum Gasteiger partial charge on any atom is 0.163 e. The minimum absolute atomic E-state index is 0.0797. The standard InChI is InChI=1S/C22H25NO3/c1-21(2)9-14(24)19-16(11-21)26-17-12-22(3,4)10-15(25)20(17)18(19)13-7-5-6-8-23-13/h5-8,18H,9-12H2,1-4H3. The molecule has 0 fully saturated rings. The Morgan fingerprint density at radius 2 is 1.42 bits per heavy atom. The Hall–Kier alpha value is -2.23. The normalized spacial score (nSPS) is 24.9. The zero-order valence-corrected chi connectivity index (χ0v) is 15.9. The van der Waals surface area contributed by atoms with Gasteiger partial charge in [0.15, 0.2) is 11.6 Å². The number of allylic oxidation sites excluding steroid dienone is 4. The van der Waals surface area contributed by atoms with Crippen molar-refractivity contribution in [2.75, 3.05) is 0 Å². The molecule has 4 rings (SSSR count). The highest BCUT2D eigenvalue weighted by atomic mass is 16.5. The van der Waals surface area contributed by atoms with Crippen LogP contribution >= 0.6 is 0 Å². The van der Waals surface area contributed by atoms with Gasteiger partial charge in [0.1, 0.15) is 11.5 Å². The van der Waals surface area contributed by atoms with Crippen molar-refractivity contribution in [3.8, 4) is 0 Å². The molecule has 0 atom stereocenters. The van der Waals surface area contributed by atoms with Gasteiger partial charge in [-0.05, 0) is 23.0 Å². The topological polar surface area (TPSA) is 56.3 Å². The second-order valence-electron chi connectivity index (χ2n) is 9.35. The summed E-state index contributed by atoms with van der Waals surface area (Å²) in [5.74, 6) is 1.26. The first-order chi connectivity index (χ1) is 12.2. The van der Waals surface area contributed by atoms with Crippen molar-refractivity contribution in [2.24, 2.45) is 10.8 Å². The van der Waals surface area contributed by atoms with E-state index >= 15 is 0 Å². The van der Waals surface area contributed by atoms with Crippen LogP contribution in [0.15, 0.2) is 47.1 Å². The predicted molar refractivity (Wildman–Crippen MR) is 98.2 cm³/mol. The number of Topliss-reactive ketones (excluding diaryl/α,β-unsaturated/α-hetero) is 2. The van der Waals surface area contributed by atoms with Crippen LogP contribution in [0.3, 0.4) is 0 Å². The number of ketones is 2. The van der Waals surface area contributed by atoms with E-state index in [-0.39, 0.29) is 28.3 Å². The maximum atomic E-state index is 13.0. The van der Waals surface area contributed by atoms with Crippen molar-refractivity contribution in [1.29, 1.82) is 0 Å². The molecule has 26 heavy (non-hydrogen) atoms. The van der Waals surface area contributed by atoms with Gasteiger partial charge in [-0.2, -0.15) is 0 Å². The molecule has 0 saturated carbocycles. The van der Waals surface area contributed by atoms with Crippen molar-refractivity contribution in [1.82, 2.24) is 4.98 Å². The van der Waals surface area contributed by atoms with Gasteiger partial charge in [-0.1, -0.05) is 33.8 Å². The molecular formula is C22H25NO3. The summed E-state index contributed by atoms with van der Waals surface area (Å²) in [5.41, 5.74) is 1.80. The summed E-state index contributed by atoms with van der Waals surface area (Å²) in [6.07, 6.45) is 4.09. The van der Waals surface area contributed by atoms with Gasteiger partial charge < -0.3 is 4.74 Å². The van der Waals surface area contributed by atoms with Crippen molar-refractivity contribution >= 4 is 11.6 Å². The summed E-state index contributed by atoms with van der Waals surface area (Å²) in [5, 5.41) is 0. The number of pyridine rings is 1. The van der Waals surface area contributed by atoms with Crippen LogP contribution in [0.1, 0.15) is 65.0 Å². The van der Waals surface area contributed by atoms with Crippen LogP contribution in [0, 0.1) is 10.8 Å². The number of rotatable bonds is 1. The van der Waals surface area contributed by atoms with Crippen LogP contribution in [0.4, 0.5) is 0 Å². The fourth-order valence-electron chi connectivity index (χ4n) is 4.52. The van der Waals surface area contributed by atoms with Gasteiger partial charge in [0.2, 0.25) is 0 Å². The van der Waals surface area contributed by atoms with Gasteiger partial charge in [-0.25, -0.2) is 0 Å². The SMILES string of the molecule is CC1(C)CC(=O)C2=C(C1)OC1=C(C(=O)CC(C)(C)C1)C2c1ccccn1. The second-order valence-corrected chi connectivity index (χ2v) is 9.35. The van der Waals surface area contributed by atoms with E-state index in [1.54, 1.807) is 6.20 Å². The van der Waals surface area contributed by atoms with E-state index in [0.717, 1.165) is 17.2 Å². The monoisotopic (exact) mass is 351 g/mol. The zero-order valence-electron chi connectivity index (χ0n) is 15.9. The van der Waals surface area contributed by atoms with Gasteiger partial charge >= 0.3 is 0 Å². The molecule has 0 bridgehead atoms. The highest BCUT2D eigenvalue weighted by Gasteiger charge is 2.48. The molecule has 136 valence electrons. The summed E-state index contributed by atoms with van der Waals surface area (Å²) in [6.45, 7) is 8.36. The molecule has 0 spiro atoms. The third-order valence-corrected chi connectivity index (χ3v) is 5.57. The molecule has 0 amide bonds. The summed E-state index contributed by atoms with van der Waals surface area (Å²) in [6, 6.07) is 5.67. The molecule has 0 unspecified atom stereocenters. The Kier molecular flexibility index (Phi) is 3.73. The van der Waals surface area contributed by atoms with Gasteiger partial charge in [0, 0.05) is 43.0 Å². The minimum atomic E-state index is -0.387. The maximum absolute atomic E-state index is 13.0. The lowest BCUT2D eigenvalue weighted by atomic mass is 9.66. The van der Waals surface area contributed by atoms with E-state index in [1.165, 1.54) is 0 Å². The van der Waals surface area contributed by atoms with Crippen molar-refractivity contribution in [3.63, 3.8) is 0 Å². The molecule has 3 aliphatic rings. The number of carbonyl (C=O) groups excluding carboxylic acids is 2. The lowest BCUT2D eigenvalue weighted by molar-refractivity contribution is -0.120. The lowest BCUT2D eigenvalue weighted by Crippen LogP contribution is -2.37. The number of ether oxygens (including phenoxy) is 1. The average molecular weight is 351 g/mol. The molecule has 0 radical (unpaired) electrons. The van der Waals surface area contributed by atoms with Crippen LogP contribution in [-0.4, -0.2) is 16.6 Å². The Balaban J connectivity index is 1.91. The third kappa shape index (κ3) is 2.81. The summed E-state index contributed by atoms with van der Waals surface area (Å²) >= 11 is 0. The van der Waals surface area contributed by atoms with E-state index in [0.29, 0.717) is 36.8 Å². The molecule has 2 heterocycles. The van der Waals surface area contributed by atoms with E-state index in [2.05, 4.69) is 32.7 Å². The third-order valence-electron chi connectivity index (χ3n) is 5.57. The molecule has 0 N–H and O–H groups in total. The van der Waals surface area contributed by atoms with Crippen LogP contribution in [0.5, 0.6) is 0 Å². The molecule has 2 aliphatic carbocycles. The van der Waals surface area contributed by atoms with Gasteiger partial charge in [-0.15, -0.1) is 0 Å². The minimum Gasteiger partial charge on any atom is -0.465 e. The van der Waals surface area contributed by atoms with Crippen LogP contribution in [0.2, 0.25) is 0 Å². The van der Waals surface area contributed by atoms with Gasteiger partial charge in [0.05, 0.1) is 11.6 Å². The van der Waals surface area contributed by atoms with Crippen LogP contribution < -0.4 is 0 Å². The zero-order chi connectivity index (χ0) is 18.7. The summed E-state index contributed by atoms with van der Waals surface area (Å²) in [4.78, 5) is 30.6. The highest BCUT2D eigenvalue weighted by Crippen LogP contribution is 2.52. The first-order valence-electron chi connectivity index (χ1n) is 9.28. The van der Waals surface area contributed by atoms with E-state index in [1.807, 2.05) is 18.2 Å². The largest absolute Gasteiger partial charge is 0.465 e.